The molecule has 14 heavy (non-hydrogen) atoms. The molecule has 74 valence electrons. The minimum absolute atomic E-state index is 0.584. The maximum Gasteiger partial charge on any atom is 0.0481 e. The highest BCUT2D eigenvalue weighted by Crippen LogP contribution is 2.40. The molecule has 0 aromatic heterocycles. The van der Waals surface area contributed by atoms with Gasteiger partial charge < -0.3 is 10.6 Å². The molecule has 2 aliphatic rings. The van der Waals surface area contributed by atoms with E-state index in [-0.39, 0.29) is 0 Å². The van der Waals surface area contributed by atoms with Crippen molar-refractivity contribution in [3.05, 3.63) is 29.8 Å². The monoisotopic (exact) mass is 188 g/mol. The Morgan fingerprint density at radius 1 is 1.29 bits per heavy atom. The quantitative estimate of drug-likeness (QED) is 0.650. The Morgan fingerprint density at radius 3 is 3.07 bits per heavy atom. The molecule has 0 radical (unpaired) electrons. The zero-order chi connectivity index (χ0) is 9.54. The molecule has 2 heteroatoms. The first-order chi connectivity index (χ1) is 6.86. The summed E-state index contributed by atoms with van der Waals surface area (Å²) in [6.07, 6.45) is 1.26. The van der Waals surface area contributed by atoms with E-state index in [1.54, 1.807) is 0 Å². The van der Waals surface area contributed by atoms with Crippen molar-refractivity contribution in [2.75, 3.05) is 11.9 Å². The molecule has 0 saturated carbocycles. The van der Waals surface area contributed by atoms with Gasteiger partial charge in [-0.25, -0.2) is 0 Å². The van der Waals surface area contributed by atoms with Crippen LogP contribution in [0.25, 0.3) is 0 Å². The van der Waals surface area contributed by atoms with Crippen LogP contribution in [0.5, 0.6) is 0 Å². The summed E-state index contributed by atoms with van der Waals surface area (Å²) in [5.41, 5.74) is 2.86. The molecule has 3 atom stereocenters. The van der Waals surface area contributed by atoms with Crippen LogP contribution in [0.1, 0.15) is 24.8 Å². The Kier molecular flexibility index (Phi) is 1.77. The Morgan fingerprint density at radius 2 is 2.14 bits per heavy atom. The molecule has 1 saturated heterocycles. The highest BCUT2D eigenvalue weighted by Gasteiger charge is 2.37. The first-order valence-electron chi connectivity index (χ1n) is 5.45. The molecule has 3 rings (SSSR count). The first kappa shape index (κ1) is 8.30. The molecule has 2 heterocycles. The van der Waals surface area contributed by atoms with E-state index in [4.69, 9.17) is 0 Å². The van der Waals surface area contributed by atoms with Crippen LogP contribution in [0.15, 0.2) is 24.3 Å². The highest BCUT2D eigenvalue weighted by molar-refractivity contribution is 5.60. The molecule has 1 aromatic rings. The lowest BCUT2D eigenvalue weighted by molar-refractivity contribution is 0.360. The Balaban J connectivity index is 2.00. The third-order valence-electron chi connectivity index (χ3n) is 3.58. The number of piperidine rings is 1. The van der Waals surface area contributed by atoms with Gasteiger partial charge in [0.1, 0.15) is 0 Å². The van der Waals surface area contributed by atoms with E-state index in [2.05, 4.69) is 41.8 Å². The lowest BCUT2D eigenvalue weighted by Crippen LogP contribution is -2.48. The molecule has 1 fully saturated rings. The zero-order valence-corrected chi connectivity index (χ0v) is 8.46. The second-order valence-corrected chi connectivity index (χ2v) is 4.40. The summed E-state index contributed by atoms with van der Waals surface area (Å²) in [4.78, 5) is 0. The van der Waals surface area contributed by atoms with Crippen molar-refractivity contribution >= 4 is 5.69 Å². The number of para-hydroxylation sites is 1. The van der Waals surface area contributed by atoms with Gasteiger partial charge in [0.05, 0.1) is 0 Å². The molecule has 2 nitrogen and oxygen atoms in total. The van der Waals surface area contributed by atoms with Crippen molar-refractivity contribution in [1.82, 2.24) is 5.32 Å². The molecule has 2 N–H and O–H groups in total. The van der Waals surface area contributed by atoms with Gasteiger partial charge >= 0.3 is 0 Å². The summed E-state index contributed by atoms with van der Waals surface area (Å²) in [7, 11) is 0. The van der Waals surface area contributed by atoms with E-state index >= 15 is 0 Å². The number of hydrogen-bond donors (Lipinski definition) is 2. The molecule has 2 aliphatic heterocycles. The maximum atomic E-state index is 3.62. The van der Waals surface area contributed by atoms with Crippen LogP contribution in [-0.2, 0) is 0 Å². The lowest BCUT2D eigenvalue weighted by atomic mass is 9.85. The van der Waals surface area contributed by atoms with Gasteiger partial charge in [-0.15, -0.1) is 0 Å². The molecule has 0 amide bonds. The fourth-order valence-electron chi connectivity index (χ4n) is 2.83. The van der Waals surface area contributed by atoms with E-state index in [1.807, 2.05) is 0 Å². The molecule has 0 aliphatic carbocycles. The van der Waals surface area contributed by atoms with Crippen LogP contribution in [0.3, 0.4) is 0 Å². The molecule has 0 spiro atoms. The van der Waals surface area contributed by atoms with Gasteiger partial charge in [0, 0.05) is 23.7 Å². The number of anilines is 1. The van der Waals surface area contributed by atoms with Crippen molar-refractivity contribution < 1.29 is 0 Å². The van der Waals surface area contributed by atoms with Gasteiger partial charge in [-0.1, -0.05) is 18.2 Å². The summed E-state index contributed by atoms with van der Waals surface area (Å²) in [6, 6.07) is 9.91. The standard InChI is InChI=1S/C12H16N2/c1-8-12-10(6-7-13-8)9-4-2-3-5-11(9)14-12/h2-5,8,10,12-14H,6-7H2,1H3. The SMILES string of the molecule is CC1NCCC2c3ccccc3NC12. The fraction of sp³-hybridized carbons (Fsp3) is 0.500. The van der Waals surface area contributed by atoms with Crippen molar-refractivity contribution in [1.29, 1.82) is 0 Å². The maximum absolute atomic E-state index is 3.62. The predicted octanol–water partition coefficient (Wildman–Crippen LogP) is 1.95. The molecule has 3 unspecified atom stereocenters. The average Bonchev–Trinajstić information content (AvgIpc) is 2.59. The van der Waals surface area contributed by atoms with Crippen molar-refractivity contribution in [2.45, 2.75) is 31.3 Å². The number of benzene rings is 1. The van der Waals surface area contributed by atoms with Gasteiger partial charge in [-0.05, 0) is 31.5 Å². The summed E-state index contributed by atoms with van der Waals surface area (Å²) in [6.45, 7) is 3.42. The number of hydrogen-bond acceptors (Lipinski definition) is 2. The van der Waals surface area contributed by atoms with Crippen molar-refractivity contribution in [3.63, 3.8) is 0 Å². The van der Waals surface area contributed by atoms with Gasteiger partial charge in [0.25, 0.3) is 0 Å². The van der Waals surface area contributed by atoms with E-state index in [9.17, 15) is 0 Å². The van der Waals surface area contributed by atoms with Crippen LogP contribution in [0.4, 0.5) is 5.69 Å². The van der Waals surface area contributed by atoms with Crippen molar-refractivity contribution in [2.24, 2.45) is 0 Å². The van der Waals surface area contributed by atoms with E-state index < -0.39 is 0 Å². The summed E-state index contributed by atoms with van der Waals surface area (Å²) < 4.78 is 0. The molecule has 1 aromatic carbocycles. The lowest BCUT2D eigenvalue weighted by Gasteiger charge is -2.32. The largest absolute Gasteiger partial charge is 0.380 e. The number of fused-ring (bicyclic) bond motifs is 3. The van der Waals surface area contributed by atoms with Gasteiger partial charge in [-0.2, -0.15) is 0 Å². The van der Waals surface area contributed by atoms with Crippen LogP contribution >= 0.6 is 0 Å². The topological polar surface area (TPSA) is 24.1 Å². The van der Waals surface area contributed by atoms with E-state index in [1.165, 1.54) is 17.7 Å². The predicted molar refractivity (Wildman–Crippen MR) is 58.7 cm³/mol. The third kappa shape index (κ3) is 1.07. The molecular weight excluding hydrogens is 172 g/mol. The second-order valence-electron chi connectivity index (χ2n) is 4.40. The first-order valence-corrected chi connectivity index (χ1v) is 5.45. The average molecular weight is 188 g/mol. The zero-order valence-electron chi connectivity index (χ0n) is 8.46. The Bertz CT molecular complexity index is 348. The third-order valence-corrected chi connectivity index (χ3v) is 3.58. The highest BCUT2D eigenvalue weighted by atomic mass is 15.1. The Hall–Kier alpha value is -1.02. The summed E-state index contributed by atoms with van der Waals surface area (Å²) >= 11 is 0. The van der Waals surface area contributed by atoms with Crippen LogP contribution in [0, 0.1) is 0 Å². The summed E-state index contributed by atoms with van der Waals surface area (Å²) in [5, 5.41) is 7.15. The molecule has 0 bridgehead atoms. The fourth-order valence-corrected chi connectivity index (χ4v) is 2.83. The van der Waals surface area contributed by atoms with Crippen LogP contribution in [0.2, 0.25) is 0 Å². The smallest absolute Gasteiger partial charge is 0.0481 e. The normalized spacial score (nSPS) is 34.5. The van der Waals surface area contributed by atoms with E-state index in [0.717, 1.165) is 12.5 Å². The van der Waals surface area contributed by atoms with Gasteiger partial charge in [0.2, 0.25) is 0 Å². The number of rotatable bonds is 0. The molecular formula is C12H16N2. The van der Waals surface area contributed by atoms with Crippen LogP contribution in [-0.4, -0.2) is 18.6 Å². The van der Waals surface area contributed by atoms with Crippen LogP contribution < -0.4 is 10.6 Å². The Labute approximate surface area is 84.7 Å². The van der Waals surface area contributed by atoms with Crippen molar-refractivity contribution in [3.8, 4) is 0 Å². The van der Waals surface area contributed by atoms with E-state index in [0.29, 0.717) is 12.1 Å². The minimum Gasteiger partial charge on any atom is -0.380 e. The summed E-state index contributed by atoms with van der Waals surface area (Å²) in [5.74, 6) is 0.724. The minimum atomic E-state index is 0.584. The second kappa shape index (κ2) is 2.99. The number of nitrogens with one attached hydrogen (secondary N) is 2. The van der Waals surface area contributed by atoms with Gasteiger partial charge in [0.15, 0.2) is 0 Å². The van der Waals surface area contributed by atoms with Gasteiger partial charge in [-0.3, -0.25) is 0 Å².